The van der Waals surface area contributed by atoms with Gasteiger partial charge < -0.3 is 24.2 Å². The lowest BCUT2D eigenvalue weighted by Crippen LogP contribution is -2.36. The van der Waals surface area contributed by atoms with E-state index in [0.717, 1.165) is 93.2 Å². The minimum atomic E-state index is -0.550. The number of aromatic amines is 2. The number of imidazole rings is 2. The van der Waals surface area contributed by atoms with Crippen LogP contribution in [0.3, 0.4) is 0 Å². The third kappa shape index (κ3) is 6.60. The molecule has 2 atom stereocenters. The van der Waals surface area contributed by atoms with Crippen LogP contribution in [0.15, 0.2) is 60.8 Å². The van der Waals surface area contributed by atoms with Crippen LogP contribution < -0.4 is 4.74 Å². The molecule has 5 aromatic rings. The molecule has 2 saturated heterocycles. The summed E-state index contributed by atoms with van der Waals surface area (Å²) in [7, 11) is 0. The van der Waals surface area contributed by atoms with Crippen LogP contribution in [0.25, 0.3) is 44.5 Å². The second kappa shape index (κ2) is 12.7. The van der Waals surface area contributed by atoms with Gasteiger partial charge in [-0.05, 0) is 119 Å². The molecule has 0 unspecified atom stereocenters. The summed E-state index contributed by atoms with van der Waals surface area (Å²) >= 11 is 0. The lowest BCUT2D eigenvalue weighted by Gasteiger charge is -2.27. The van der Waals surface area contributed by atoms with Crippen molar-refractivity contribution >= 4 is 23.2 Å². The first-order valence-electron chi connectivity index (χ1n) is 18.2. The summed E-state index contributed by atoms with van der Waals surface area (Å²) in [5, 5.41) is 0. The summed E-state index contributed by atoms with van der Waals surface area (Å²) in [6, 6.07) is 18.7. The minimum absolute atomic E-state index is 0.136. The van der Waals surface area contributed by atoms with E-state index in [1.165, 1.54) is 0 Å². The molecule has 5 heterocycles. The van der Waals surface area contributed by atoms with E-state index in [1.54, 1.807) is 9.80 Å². The standard InChI is InChI=1S/C41H46N6O5/c1-40(2,3)51-38(48)46-17-7-9-33(46)36-42-22-32(45-36)26-12-14-28-27(19-26)23-50-35-21-25(11-15-29(28)35)24-13-16-30-31(20-24)44-37(43-30)34-10-8-18-47(34)39(49)52-41(4,5)6/h11-16,19-22,33-34H,7-10,17-18,23H2,1-6H3,(H,42,45)(H,43,44)/t33-,34-/m1/s1. The van der Waals surface area contributed by atoms with Crippen molar-refractivity contribution in [3.63, 3.8) is 0 Å². The quantitative estimate of drug-likeness (QED) is 0.191. The molecule has 2 N–H and O–H groups in total. The fourth-order valence-electron chi connectivity index (χ4n) is 7.54. The summed E-state index contributed by atoms with van der Waals surface area (Å²) in [5.41, 5.74) is 7.99. The van der Waals surface area contributed by atoms with Crippen LogP contribution >= 0.6 is 0 Å². The SMILES string of the molecule is CC(C)(C)OC(=O)N1CCC[C@@H]1c1ncc(-c2ccc3c(c2)COc2cc(-c4ccc5nc([C@H]6CCCN6C(=O)OC(C)(C)C)[nH]c5c4)ccc2-3)[nH]1. The van der Waals surface area contributed by atoms with E-state index < -0.39 is 11.2 Å². The largest absolute Gasteiger partial charge is 0.488 e. The van der Waals surface area contributed by atoms with Gasteiger partial charge in [-0.2, -0.15) is 0 Å². The second-order valence-electron chi connectivity index (χ2n) is 16.1. The van der Waals surface area contributed by atoms with Gasteiger partial charge in [0.1, 0.15) is 35.2 Å². The number of likely N-dealkylation sites (tertiary alicyclic amines) is 2. The predicted octanol–water partition coefficient (Wildman–Crippen LogP) is 9.32. The highest BCUT2D eigenvalue weighted by Crippen LogP contribution is 2.42. The summed E-state index contributed by atoms with van der Waals surface area (Å²) in [6.07, 6.45) is 4.75. The van der Waals surface area contributed by atoms with E-state index in [0.29, 0.717) is 19.7 Å². The zero-order valence-electron chi connectivity index (χ0n) is 30.7. The van der Waals surface area contributed by atoms with Gasteiger partial charge in [-0.15, -0.1) is 0 Å². The number of rotatable bonds is 4. The molecule has 0 bridgehead atoms. The molecule has 11 heteroatoms. The summed E-state index contributed by atoms with van der Waals surface area (Å²) < 4.78 is 17.7. The van der Waals surface area contributed by atoms with E-state index in [1.807, 2.05) is 53.8 Å². The molecular weight excluding hydrogens is 656 g/mol. The Bertz CT molecular complexity index is 2170. The Balaban J connectivity index is 0.996. The number of amides is 2. The maximum atomic E-state index is 12.9. The third-order valence-corrected chi connectivity index (χ3v) is 9.89. The van der Waals surface area contributed by atoms with Gasteiger partial charge in [-0.3, -0.25) is 9.80 Å². The number of hydrogen-bond acceptors (Lipinski definition) is 7. The zero-order valence-corrected chi connectivity index (χ0v) is 30.7. The molecule has 3 aliphatic heterocycles. The van der Waals surface area contributed by atoms with E-state index >= 15 is 0 Å². The van der Waals surface area contributed by atoms with Crippen LogP contribution in [0.5, 0.6) is 5.75 Å². The van der Waals surface area contributed by atoms with Gasteiger partial charge in [0.2, 0.25) is 0 Å². The smallest absolute Gasteiger partial charge is 0.410 e. The number of benzene rings is 3. The molecule has 0 spiro atoms. The molecule has 0 radical (unpaired) electrons. The molecule has 2 fully saturated rings. The number of carbonyl (C=O) groups excluding carboxylic acids is 2. The number of H-pyrrole nitrogens is 2. The molecule has 8 rings (SSSR count). The van der Waals surface area contributed by atoms with Crippen LogP contribution in [0.2, 0.25) is 0 Å². The third-order valence-electron chi connectivity index (χ3n) is 9.89. The Morgan fingerprint density at radius 2 is 1.37 bits per heavy atom. The van der Waals surface area contributed by atoms with Crippen molar-refractivity contribution < 1.29 is 23.8 Å². The highest BCUT2D eigenvalue weighted by Gasteiger charge is 2.36. The molecule has 2 amide bonds. The van der Waals surface area contributed by atoms with Gasteiger partial charge in [0, 0.05) is 18.7 Å². The van der Waals surface area contributed by atoms with Gasteiger partial charge in [0.25, 0.3) is 0 Å². The van der Waals surface area contributed by atoms with Crippen molar-refractivity contribution in [2.45, 2.75) is 97.1 Å². The van der Waals surface area contributed by atoms with Crippen LogP contribution in [0.1, 0.15) is 96.5 Å². The second-order valence-corrected chi connectivity index (χ2v) is 16.1. The zero-order chi connectivity index (χ0) is 36.4. The van der Waals surface area contributed by atoms with Crippen LogP contribution in [0.4, 0.5) is 9.59 Å². The molecule has 11 nitrogen and oxygen atoms in total. The Morgan fingerprint density at radius 3 is 2.06 bits per heavy atom. The molecule has 270 valence electrons. The average Bonchev–Trinajstić information content (AvgIpc) is 3.91. The Kier molecular flexibility index (Phi) is 8.27. The van der Waals surface area contributed by atoms with E-state index in [9.17, 15) is 9.59 Å². The normalized spacial score (nSPS) is 18.7. The monoisotopic (exact) mass is 702 g/mol. The van der Waals surface area contributed by atoms with Crippen molar-refractivity contribution in [1.82, 2.24) is 29.7 Å². The highest BCUT2D eigenvalue weighted by molar-refractivity contribution is 5.85. The number of ether oxygens (including phenoxy) is 3. The first-order valence-corrected chi connectivity index (χ1v) is 18.2. The topological polar surface area (TPSA) is 126 Å². The molecule has 52 heavy (non-hydrogen) atoms. The number of aromatic nitrogens is 4. The van der Waals surface area contributed by atoms with Crippen molar-refractivity contribution in [3.8, 4) is 39.3 Å². The number of carbonyl (C=O) groups is 2. The van der Waals surface area contributed by atoms with Crippen LogP contribution in [0, 0.1) is 0 Å². The Morgan fingerprint density at radius 1 is 0.750 bits per heavy atom. The minimum Gasteiger partial charge on any atom is -0.488 e. The summed E-state index contributed by atoms with van der Waals surface area (Å²) in [4.78, 5) is 45.9. The molecule has 0 saturated carbocycles. The van der Waals surface area contributed by atoms with Gasteiger partial charge >= 0.3 is 12.2 Å². The lowest BCUT2D eigenvalue weighted by molar-refractivity contribution is 0.0208. The fourth-order valence-corrected chi connectivity index (χ4v) is 7.54. The van der Waals surface area contributed by atoms with E-state index in [2.05, 4.69) is 63.5 Å². The molecule has 3 aliphatic rings. The lowest BCUT2D eigenvalue weighted by atomic mass is 9.92. The predicted molar refractivity (Wildman–Crippen MR) is 199 cm³/mol. The van der Waals surface area contributed by atoms with Gasteiger partial charge in [-0.1, -0.05) is 30.3 Å². The number of nitrogens with one attached hydrogen (secondary N) is 2. The van der Waals surface area contributed by atoms with Gasteiger partial charge in [0.15, 0.2) is 0 Å². The number of nitrogens with zero attached hydrogens (tertiary/aromatic N) is 4. The maximum absolute atomic E-state index is 12.9. The van der Waals surface area contributed by atoms with E-state index in [4.69, 9.17) is 19.2 Å². The Labute approximate surface area is 303 Å². The summed E-state index contributed by atoms with van der Waals surface area (Å²) in [5.74, 6) is 2.40. The van der Waals surface area contributed by atoms with Crippen molar-refractivity contribution in [2.24, 2.45) is 0 Å². The molecule has 2 aromatic heterocycles. The van der Waals surface area contributed by atoms with Crippen molar-refractivity contribution in [3.05, 3.63) is 78.0 Å². The van der Waals surface area contributed by atoms with Crippen molar-refractivity contribution in [2.75, 3.05) is 13.1 Å². The Hall–Kier alpha value is -5.32. The van der Waals surface area contributed by atoms with Gasteiger partial charge in [-0.25, -0.2) is 19.6 Å². The first-order chi connectivity index (χ1) is 24.8. The highest BCUT2D eigenvalue weighted by atomic mass is 16.6. The maximum Gasteiger partial charge on any atom is 0.410 e. The molecule has 0 aliphatic carbocycles. The fraction of sp³-hybridized carbons (Fsp3) is 0.415. The number of hydrogen-bond donors (Lipinski definition) is 2. The van der Waals surface area contributed by atoms with Crippen LogP contribution in [-0.2, 0) is 16.1 Å². The summed E-state index contributed by atoms with van der Waals surface area (Å²) in [6.45, 7) is 13.1. The molecular formula is C41H46N6O5. The first kappa shape index (κ1) is 33.8. The van der Waals surface area contributed by atoms with Crippen LogP contribution in [-0.4, -0.2) is 66.2 Å². The van der Waals surface area contributed by atoms with Crippen molar-refractivity contribution in [1.29, 1.82) is 0 Å². The molecule has 3 aromatic carbocycles. The number of fused-ring (bicyclic) bond motifs is 4. The van der Waals surface area contributed by atoms with E-state index in [-0.39, 0.29) is 24.3 Å². The van der Waals surface area contributed by atoms with Gasteiger partial charge in [0.05, 0.1) is 35.0 Å². The average molecular weight is 703 g/mol.